The van der Waals surface area contributed by atoms with Crippen LogP contribution in [0.15, 0.2) is 19.0 Å². The van der Waals surface area contributed by atoms with Crippen LogP contribution in [-0.2, 0) is 0 Å². The van der Waals surface area contributed by atoms with Crippen molar-refractivity contribution in [2.24, 2.45) is 0 Å². The molecule has 0 atom stereocenters. The van der Waals surface area contributed by atoms with E-state index in [-0.39, 0.29) is 5.82 Å². The Morgan fingerprint density at radius 3 is 2.92 bits per heavy atom. The number of nitrogens with two attached hydrogens (primary N) is 2. The Kier molecular flexibility index (Phi) is 2.47. The lowest BCUT2D eigenvalue weighted by Gasteiger charge is -2.05. The molecular weight excluding hydrogens is 154 g/mol. The third-order valence-electron chi connectivity index (χ3n) is 1.33. The quantitative estimate of drug-likeness (QED) is 0.558. The van der Waals surface area contributed by atoms with Crippen molar-refractivity contribution in [1.82, 2.24) is 9.97 Å². The van der Waals surface area contributed by atoms with Crippen molar-refractivity contribution in [2.75, 3.05) is 23.3 Å². The third kappa shape index (κ3) is 1.63. The van der Waals surface area contributed by atoms with Gasteiger partial charge in [0.25, 0.3) is 0 Å². The summed E-state index contributed by atoms with van der Waals surface area (Å²) in [4.78, 5) is 7.62. The first-order valence-electron chi connectivity index (χ1n) is 3.46. The monoisotopic (exact) mass is 165 g/mol. The molecule has 0 aliphatic carbocycles. The highest BCUT2D eigenvalue weighted by Gasteiger charge is 2.02. The summed E-state index contributed by atoms with van der Waals surface area (Å²) in [6.45, 7) is 4.15. The standard InChI is InChI=1S/C7H11N5/c1-2-3-10-7-5(8)6(9)11-4-12-7/h2,4H,1,3,8H2,(H3,9,10,11,12). The van der Waals surface area contributed by atoms with Crippen molar-refractivity contribution >= 4 is 17.3 Å². The van der Waals surface area contributed by atoms with Crippen LogP contribution in [0.4, 0.5) is 17.3 Å². The number of nitrogens with one attached hydrogen (secondary N) is 1. The summed E-state index contributed by atoms with van der Waals surface area (Å²) in [5.74, 6) is 0.832. The van der Waals surface area contributed by atoms with Crippen LogP contribution in [-0.4, -0.2) is 16.5 Å². The smallest absolute Gasteiger partial charge is 0.155 e. The minimum atomic E-state index is 0.288. The van der Waals surface area contributed by atoms with Gasteiger partial charge in [-0.25, -0.2) is 9.97 Å². The molecular formula is C7H11N5. The largest absolute Gasteiger partial charge is 0.393 e. The first-order valence-corrected chi connectivity index (χ1v) is 3.46. The summed E-state index contributed by atoms with van der Waals surface area (Å²) >= 11 is 0. The molecule has 12 heavy (non-hydrogen) atoms. The van der Waals surface area contributed by atoms with Crippen LogP contribution in [0, 0.1) is 0 Å². The number of hydrogen-bond acceptors (Lipinski definition) is 5. The number of nitrogen functional groups attached to an aromatic ring is 2. The van der Waals surface area contributed by atoms with Gasteiger partial charge in [0.1, 0.15) is 12.0 Å². The molecule has 0 spiro atoms. The maximum atomic E-state index is 5.58. The summed E-state index contributed by atoms with van der Waals surface area (Å²) in [6.07, 6.45) is 3.06. The van der Waals surface area contributed by atoms with Gasteiger partial charge in [-0.05, 0) is 0 Å². The van der Waals surface area contributed by atoms with Crippen molar-refractivity contribution < 1.29 is 0 Å². The Balaban J connectivity index is 2.84. The number of aromatic nitrogens is 2. The molecule has 0 saturated heterocycles. The molecule has 0 aromatic carbocycles. The highest BCUT2D eigenvalue weighted by molar-refractivity contribution is 5.72. The van der Waals surface area contributed by atoms with E-state index in [0.717, 1.165) is 0 Å². The van der Waals surface area contributed by atoms with E-state index >= 15 is 0 Å². The van der Waals surface area contributed by atoms with Gasteiger partial charge in [-0.2, -0.15) is 0 Å². The summed E-state index contributed by atoms with van der Waals surface area (Å²) in [5, 5.41) is 2.93. The second-order valence-electron chi connectivity index (χ2n) is 2.19. The van der Waals surface area contributed by atoms with Crippen LogP contribution >= 0.6 is 0 Å². The molecule has 0 radical (unpaired) electrons. The zero-order valence-corrected chi connectivity index (χ0v) is 6.62. The molecule has 1 aromatic rings. The number of rotatable bonds is 3. The first kappa shape index (κ1) is 8.32. The number of nitrogens with zero attached hydrogens (tertiary/aromatic N) is 2. The Morgan fingerprint density at radius 1 is 1.50 bits per heavy atom. The fourth-order valence-corrected chi connectivity index (χ4v) is 0.719. The molecule has 0 aliphatic rings. The highest BCUT2D eigenvalue weighted by Crippen LogP contribution is 2.18. The van der Waals surface area contributed by atoms with Crippen LogP contribution in [0.3, 0.4) is 0 Å². The van der Waals surface area contributed by atoms with E-state index in [1.165, 1.54) is 6.33 Å². The minimum Gasteiger partial charge on any atom is -0.393 e. The molecule has 1 aromatic heterocycles. The Bertz CT molecular complexity index is 283. The maximum absolute atomic E-state index is 5.58. The van der Waals surface area contributed by atoms with E-state index in [9.17, 15) is 0 Å². The van der Waals surface area contributed by atoms with E-state index in [0.29, 0.717) is 18.1 Å². The predicted octanol–water partition coefficient (Wildman–Crippen LogP) is 0.239. The van der Waals surface area contributed by atoms with Crippen LogP contribution in [0.5, 0.6) is 0 Å². The number of hydrogen-bond donors (Lipinski definition) is 3. The molecule has 0 saturated carbocycles. The summed E-state index contributed by atoms with van der Waals surface area (Å²) in [5.41, 5.74) is 11.4. The second-order valence-corrected chi connectivity index (χ2v) is 2.19. The molecule has 5 heteroatoms. The molecule has 0 bridgehead atoms. The molecule has 1 rings (SSSR count). The lowest BCUT2D eigenvalue weighted by atomic mass is 10.4. The topological polar surface area (TPSA) is 89.8 Å². The average Bonchev–Trinajstić information content (AvgIpc) is 2.08. The SMILES string of the molecule is C=CCNc1ncnc(N)c1N. The fourth-order valence-electron chi connectivity index (χ4n) is 0.719. The third-order valence-corrected chi connectivity index (χ3v) is 1.33. The lowest BCUT2D eigenvalue weighted by Crippen LogP contribution is -2.07. The Hall–Kier alpha value is -1.78. The van der Waals surface area contributed by atoms with Crippen molar-refractivity contribution in [3.63, 3.8) is 0 Å². The highest BCUT2D eigenvalue weighted by atomic mass is 15.1. The maximum Gasteiger partial charge on any atom is 0.155 e. The van der Waals surface area contributed by atoms with E-state index in [1.54, 1.807) is 6.08 Å². The Labute approximate surface area is 70.5 Å². The molecule has 5 nitrogen and oxygen atoms in total. The average molecular weight is 165 g/mol. The van der Waals surface area contributed by atoms with Crippen LogP contribution < -0.4 is 16.8 Å². The van der Waals surface area contributed by atoms with Crippen LogP contribution in [0.2, 0.25) is 0 Å². The van der Waals surface area contributed by atoms with Crippen molar-refractivity contribution in [3.8, 4) is 0 Å². The van der Waals surface area contributed by atoms with Crippen molar-refractivity contribution in [3.05, 3.63) is 19.0 Å². The zero-order chi connectivity index (χ0) is 8.97. The van der Waals surface area contributed by atoms with Gasteiger partial charge in [0.05, 0.1) is 0 Å². The normalized spacial score (nSPS) is 9.33. The van der Waals surface area contributed by atoms with Crippen molar-refractivity contribution in [2.45, 2.75) is 0 Å². The molecule has 64 valence electrons. The molecule has 0 amide bonds. The molecule has 1 heterocycles. The Morgan fingerprint density at radius 2 is 2.25 bits per heavy atom. The van der Waals surface area contributed by atoms with Gasteiger partial charge in [0.2, 0.25) is 0 Å². The predicted molar refractivity (Wildman–Crippen MR) is 49.5 cm³/mol. The number of anilines is 3. The first-order chi connectivity index (χ1) is 5.75. The van der Waals surface area contributed by atoms with Crippen LogP contribution in [0.25, 0.3) is 0 Å². The second kappa shape index (κ2) is 3.56. The van der Waals surface area contributed by atoms with Gasteiger partial charge in [0, 0.05) is 6.54 Å². The van der Waals surface area contributed by atoms with Gasteiger partial charge >= 0.3 is 0 Å². The summed E-state index contributed by atoms with van der Waals surface area (Å²) in [6, 6.07) is 0. The minimum absolute atomic E-state index is 0.288. The van der Waals surface area contributed by atoms with E-state index < -0.39 is 0 Å². The fraction of sp³-hybridized carbons (Fsp3) is 0.143. The van der Waals surface area contributed by atoms with Gasteiger partial charge in [-0.3, -0.25) is 0 Å². The zero-order valence-electron chi connectivity index (χ0n) is 6.62. The van der Waals surface area contributed by atoms with Gasteiger partial charge in [-0.1, -0.05) is 6.08 Å². The van der Waals surface area contributed by atoms with Gasteiger partial charge in [0.15, 0.2) is 11.6 Å². The molecule has 0 fully saturated rings. The molecule has 0 unspecified atom stereocenters. The lowest BCUT2D eigenvalue weighted by molar-refractivity contribution is 1.15. The summed E-state index contributed by atoms with van der Waals surface area (Å²) in [7, 11) is 0. The molecule has 5 N–H and O–H groups in total. The molecule has 0 aliphatic heterocycles. The van der Waals surface area contributed by atoms with E-state index in [2.05, 4.69) is 21.9 Å². The van der Waals surface area contributed by atoms with E-state index in [1.807, 2.05) is 0 Å². The van der Waals surface area contributed by atoms with Crippen molar-refractivity contribution in [1.29, 1.82) is 0 Å². The van der Waals surface area contributed by atoms with Gasteiger partial charge in [-0.15, -0.1) is 6.58 Å². The summed E-state index contributed by atoms with van der Waals surface area (Å²) < 4.78 is 0. The van der Waals surface area contributed by atoms with Gasteiger partial charge < -0.3 is 16.8 Å². The van der Waals surface area contributed by atoms with E-state index in [4.69, 9.17) is 11.5 Å². The van der Waals surface area contributed by atoms with Crippen LogP contribution in [0.1, 0.15) is 0 Å².